The molecular weight excluding hydrogens is 296 g/mol. The first kappa shape index (κ1) is 17.1. The molecular formula is C17H24N2O4. The van der Waals surface area contributed by atoms with Crippen molar-refractivity contribution in [2.24, 2.45) is 5.92 Å². The van der Waals surface area contributed by atoms with Gasteiger partial charge in [-0.2, -0.15) is 0 Å². The fourth-order valence-corrected chi connectivity index (χ4v) is 2.61. The summed E-state index contributed by atoms with van der Waals surface area (Å²) in [7, 11) is 0. The smallest absolute Gasteiger partial charge is 0.321 e. The third-order valence-electron chi connectivity index (χ3n) is 4.04. The van der Waals surface area contributed by atoms with Crippen LogP contribution in [0.3, 0.4) is 0 Å². The lowest BCUT2D eigenvalue weighted by molar-refractivity contribution is -0.143. The van der Waals surface area contributed by atoms with E-state index in [1.165, 1.54) is 0 Å². The number of hydrogen-bond donors (Lipinski definition) is 2. The van der Waals surface area contributed by atoms with E-state index in [1.54, 1.807) is 4.90 Å². The molecule has 1 aromatic rings. The minimum atomic E-state index is -0.774. The predicted molar refractivity (Wildman–Crippen MR) is 87.9 cm³/mol. The highest BCUT2D eigenvalue weighted by Gasteiger charge is 2.27. The van der Waals surface area contributed by atoms with Crippen molar-refractivity contribution in [2.45, 2.75) is 33.1 Å². The van der Waals surface area contributed by atoms with Gasteiger partial charge in [0, 0.05) is 18.8 Å². The van der Waals surface area contributed by atoms with Crippen molar-refractivity contribution >= 4 is 17.7 Å². The number of aliphatic carboxylic acids is 1. The lowest BCUT2D eigenvalue weighted by Crippen LogP contribution is -2.42. The molecule has 1 aliphatic rings. The highest BCUT2D eigenvalue weighted by molar-refractivity contribution is 5.90. The SMILES string of the molecule is CCCOc1ccc(NC(=O)N2CCC(C(=O)O)CC2)c(C)c1. The Morgan fingerprint density at radius 1 is 1.35 bits per heavy atom. The Labute approximate surface area is 136 Å². The number of urea groups is 1. The third kappa shape index (κ3) is 4.61. The van der Waals surface area contributed by atoms with Crippen molar-refractivity contribution < 1.29 is 19.4 Å². The van der Waals surface area contributed by atoms with Gasteiger partial charge in [-0.3, -0.25) is 4.79 Å². The summed E-state index contributed by atoms with van der Waals surface area (Å²) in [6.45, 7) is 5.59. The molecule has 0 saturated carbocycles. The molecule has 126 valence electrons. The monoisotopic (exact) mass is 320 g/mol. The Kier molecular flexibility index (Phi) is 5.84. The molecule has 1 aromatic carbocycles. The molecule has 1 saturated heterocycles. The van der Waals surface area contributed by atoms with E-state index in [0.29, 0.717) is 32.5 Å². The van der Waals surface area contributed by atoms with E-state index in [2.05, 4.69) is 12.2 Å². The van der Waals surface area contributed by atoms with E-state index in [0.717, 1.165) is 23.4 Å². The van der Waals surface area contributed by atoms with E-state index in [1.807, 2.05) is 25.1 Å². The first-order valence-electron chi connectivity index (χ1n) is 8.03. The number of carbonyl (C=O) groups is 2. The van der Waals surface area contributed by atoms with Gasteiger partial charge >= 0.3 is 12.0 Å². The van der Waals surface area contributed by atoms with E-state index in [9.17, 15) is 9.59 Å². The fraction of sp³-hybridized carbons (Fsp3) is 0.529. The molecule has 0 unspecified atom stereocenters. The molecule has 0 bridgehead atoms. The molecule has 0 aromatic heterocycles. The molecule has 6 nitrogen and oxygen atoms in total. The number of anilines is 1. The molecule has 6 heteroatoms. The number of nitrogens with zero attached hydrogens (tertiary/aromatic N) is 1. The van der Waals surface area contributed by atoms with Crippen LogP contribution in [0.5, 0.6) is 5.75 Å². The first-order chi connectivity index (χ1) is 11.0. The van der Waals surface area contributed by atoms with Crippen LogP contribution in [0.25, 0.3) is 0 Å². The van der Waals surface area contributed by atoms with Crippen molar-refractivity contribution in [3.63, 3.8) is 0 Å². The molecule has 1 aliphatic heterocycles. The zero-order valence-electron chi connectivity index (χ0n) is 13.7. The number of carbonyl (C=O) groups excluding carboxylic acids is 1. The Balaban J connectivity index is 1.91. The normalized spacial score (nSPS) is 15.3. The average Bonchev–Trinajstić information content (AvgIpc) is 2.55. The number of likely N-dealkylation sites (tertiary alicyclic amines) is 1. The van der Waals surface area contributed by atoms with Gasteiger partial charge < -0.3 is 20.1 Å². The molecule has 0 spiro atoms. The third-order valence-corrected chi connectivity index (χ3v) is 4.04. The molecule has 0 aliphatic carbocycles. The summed E-state index contributed by atoms with van der Waals surface area (Å²) in [6.07, 6.45) is 1.96. The van der Waals surface area contributed by atoms with Crippen LogP contribution in [0.15, 0.2) is 18.2 Å². The zero-order valence-corrected chi connectivity index (χ0v) is 13.7. The van der Waals surface area contributed by atoms with Crippen LogP contribution in [-0.2, 0) is 4.79 Å². The number of piperidine rings is 1. The van der Waals surface area contributed by atoms with Gasteiger partial charge in [-0.05, 0) is 49.9 Å². The quantitative estimate of drug-likeness (QED) is 0.873. The number of carboxylic acids is 1. The number of nitrogens with one attached hydrogen (secondary N) is 1. The molecule has 2 rings (SSSR count). The highest BCUT2D eigenvalue weighted by Crippen LogP contribution is 2.23. The Bertz CT molecular complexity index is 566. The number of rotatable bonds is 5. The molecule has 2 amide bonds. The maximum atomic E-state index is 12.3. The van der Waals surface area contributed by atoms with Crippen LogP contribution in [0, 0.1) is 12.8 Å². The van der Waals surface area contributed by atoms with Crippen LogP contribution in [0.4, 0.5) is 10.5 Å². The number of aryl methyl sites for hydroxylation is 1. The lowest BCUT2D eigenvalue weighted by atomic mass is 9.97. The van der Waals surface area contributed by atoms with E-state index in [-0.39, 0.29) is 11.9 Å². The molecule has 1 heterocycles. The number of hydrogen-bond acceptors (Lipinski definition) is 3. The summed E-state index contributed by atoms with van der Waals surface area (Å²) >= 11 is 0. The van der Waals surface area contributed by atoms with Gasteiger partial charge in [0.25, 0.3) is 0 Å². The predicted octanol–water partition coefficient (Wildman–Crippen LogP) is 3.11. The molecule has 0 atom stereocenters. The van der Waals surface area contributed by atoms with Gasteiger partial charge in [0.2, 0.25) is 0 Å². The van der Waals surface area contributed by atoms with Gasteiger partial charge in [0.1, 0.15) is 5.75 Å². The van der Waals surface area contributed by atoms with E-state index in [4.69, 9.17) is 9.84 Å². The van der Waals surface area contributed by atoms with Crippen LogP contribution >= 0.6 is 0 Å². The van der Waals surface area contributed by atoms with Crippen molar-refractivity contribution in [1.29, 1.82) is 0 Å². The van der Waals surface area contributed by atoms with E-state index < -0.39 is 5.97 Å². The van der Waals surface area contributed by atoms with Gasteiger partial charge in [0.05, 0.1) is 12.5 Å². The van der Waals surface area contributed by atoms with Crippen LogP contribution < -0.4 is 10.1 Å². The second-order valence-electron chi connectivity index (χ2n) is 5.85. The molecule has 0 radical (unpaired) electrons. The standard InChI is InChI=1S/C17H24N2O4/c1-3-10-23-14-4-5-15(12(2)11-14)18-17(22)19-8-6-13(7-9-19)16(20)21/h4-5,11,13H,3,6-10H2,1-2H3,(H,18,22)(H,20,21). The summed E-state index contributed by atoms with van der Waals surface area (Å²) < 4.78 is 5.57. The van der Waals surface area contributed by atoms with Gasteiger partial charge in [-0.25, -0.2) is 4.79 Å². The summed E-state index contributed by atoms with van der Waals surface area (Å²) in [4.78, 5) is 24.9. The summed E-state index contributed by atoms with van der Waals surface area (Å²) in [5, 5.41) is 11.9. The van der Waals surface area contributed by atoms with Gasteiger partial charge in [-0.1, -0.05) is 6.92 Å². The minimum Gasteiger partial charge on any atom is -0.494 e. The fourth-order valence-electron chi connectivity index (χ4n) is 2.61. The van der Waals surface area contributed by atoms with Crippen molar-refractivity contribution in [3.8, 4) is 5.75 Å². The van der Waals surface area contributed by atoms with Crippen molar-refractivity contribution in [2.75, 3.05) is 25.0 Å². The van der Waals surface area contributed by atoms with Gasteiger partial charge in [0.15, 0.2) is 0 Å². The van der Waals surface area contributed by atoms with Crippen LogP contribution in [0.1, 0.15) is 31.7 Å². The zero-order chi connectivity index (χ0) is 16.8. The van der Waals surface area contributed by atoms with E-state index >= 15 is 0 Å². The second-order valence-corrected chi connectivity index (χ2v) is 5.85. The maximum Gasteiger partial charge on any atom is 0.321 e. The summed E-state index contributed by atoms with van der Waals surface area (Å²) in [6, 6.07) is 5.40. The number of carboxylic acid groups (broad SMARTS) is 1. The molecule has 2 N–H and O–H groups in total. The topological polar surface area (TPSA) is 78.9 Å². The van der Waals surface area contributed by atoms with Crippen molar-refractivity contribution in [1.82, 2.24) is 4.90 Å². The first-order valence-corrected chi connectivity index (χ1v) is 8.03. The lowest BCUT2D eigenvalue weighted by Gasteiger charge is -2.30. The molecule has 23 heavy (non-hydrogen) atoms. The number of amides is 2. The summed E-state index contributed by atoms with van der Waals surface area (Å²) in [5.41, 5.74) is 1.69. The van der Waals surface area contributed by atoms with Crippen molar-refractivity contribution in [3.05, 3.63) is 23.8 Å². The van der Waals surface area contributed by atoms with Crippen LogP contribution in [0.2, 0.25) is 0 Å². The summed E-state index contributed by atoms with van der Waals surface area (Å²) in [5.74, 6) is -0.316. The Morgan fingerprint density at radius 3 is 2.61 bits per heavy atom. The number of ether oxygens (including phenoxy) is 1. The average molecular weight is 320 g/mol. The maximum absolute atomic E-state index is 12.3. The largest absolute Gasteiger partial charge is 0.494 e. The number of benzene rings is 1. The highest BCUT2D eigenvalue weighted by atomic mass is 16.5. The Hall–Kier alpha value is -2.24. The van der Waals surface area contributed by atoms with Crippen LogP contribution in [-0.4, -0.2) is 41.7 Å². The minimum absolute atomic E-state index is 0.181. The Morgan fingerprint density at radius 2 is 2.04 bits per heavy atom. The van der Waals surface area contributed by atoms with Gasteiger partial charge in [-0.15, -0.1) is 0 Å². The molecule has 1 fully saturated rings. The second kappa shape index (κ2) is 7.85.